The van der Waals surface area contributed by atoms with E-state index in [-0.39, 0.29) is 18.2 Å². The quantitative estimate of drug-likeness (QED) is 0.762. The average Bonchev–Trinajstić information content (AvgIpc) is 2.94. The van der Waals surface area contributed by atoms with Gasteiger partial charge in [0.1, 0.15) is 0 Å². The molecule has 0 spiro atoms. The monoisotopic (exact) mass is 340 g/mol. The van der Waals surface area contributed by atoms with Crippen LogP contribution in [0.2, 0.25) is 0 Å². The Balaban J connectivity index is 1.82. The molecule has 2 aromatic heterocycles. The normalized spacial score (nSPS) is 12.0. The first-order valence-electron chi connectivity index (χ1n) is 6.14. The van der Waals surface area contributed by atoms with Crippen LogP contribution in [0.25, 0.3) is 19.5 Å². The van der Waals surface area contributed by atoms with Gasteiger partial charge in [-0.2, -0.15) is 0 Å². The summed E-state index contributed by atoms with van der Waals surface area (Å²) in [5.41, 5.74) is 0. The zero-order valence-electron chi connectivity index (χ0n) is 10.8. The molecule has 110 valence electrons. The first-order chi connectivity index (χ1) is 9.94. The lowest BCUT2D eigenvalue weighted by atomic mass is 10.2. The summed E-state index contributed by atoms with van der Waals surface area (Å²) in [7, 11) is -3.55. The van der Waals surface area contributed by atoms with Gasteiger partial charge in [-0.05, 0) is 12.1 Å². The molecule has 0 radical (unpaired) electrons. The van der Waals surface area contributed by atoms with Gasteiger partial charge in [-0.1, -0.05) is 18.2 Å². The second-order valence-electron chi connectivity index (χ2n) is 4.53. The fraction of sp³-hybridized carbons (Fsp3) is 0.154. The number of sulfonamides is 1. The van der Waals surface area contributed by atoms with E-state index in [0.717, 1.165) is 14.8 Å². The van der Waals surface area contributed by atoms with Crippen LogP contribution in [0.5, 0.6) is 0 Å². The molecular formula is C13H12N2O3S3. The second kappa shape index (κ2) is 5.38. The van der Waals surface area contributed by atoms with Crippen molar-refractivity contribution in [3.05, 3.63) is 35.2 Å². The molecule has 1 aromatic carbocycles. The molecule has 21 heavy (non-hydrogen) atoms. The maximum atomic E-state index is 12.0. The summed E-state index contributed by atoms with van der Waals surface area (Å²) < 4.78 is 25.0. The van der Waals surface area contributed by atoms with Gasteiger partial charge in [-0.3, -0.25) is 4.79 Å². The molecule has 0 fully saturated rings. The van der Waals surface area contributed by atoms with E-state index in [1.54, 1.807) is 11.3 Å². The Morgan fingerprint density at radius 1 is 1.19 bits per heavy atom. The number of nitrogens with one attached hydrogen (secondary N) is 1. The van der Waals surface area contributed by atoms with Crippen molar-refractivity contribution in [1.82, 2.24) is 5.32 Å². The van der Waals surface area contributed by atoms with Gasteiger partial charge in [-0.25, -0.2) is 13.6 Å². The van der Waals surface area contributed by atoms with Crippen molar-refractivity contribution in [3.63, 3.8) is 0 Å². The standard InChI is InChI=1S/C13H12N2O3S3/c14-21(17,18)6-5-15-13(16)11-7-10-12(20-11)8-3-1-2-4-9(8)19-10/h1-4,7H,5-6H2,(H,15,16)(H2,14,17,18). The Bertz CT molecular complexity index is 925. The van der Waals surface area contributed by atoms with Crippen LogP contribution in [0.15, 0.2) is 30.3 Å². The van der Waals surface area contributed by atoms with Crippen molar-refractivity contribution in [2.75, 3.05) is 12.3 Å². The summed E-state index contributed by atoms with van der Waals surface area (Å²) in [6, 6.07) is 9.90. The number of thiophene rings is 2. The van der Waals surface area contributed by atoms with E-state index in [1.165, 1.54) is 16.0 Å². The molecule has 0 saturated heterocycles. The summed E-state index contributed by atoms with van der Waals surface area (Å²) in [5.74, 6) is -0.530. The molecule has 2 heterocycles. The minimum absolute atomic E-state index is 0.0178. The number of primary sulfonamides is 1. The molecule has 0 saturated carbocycles. The molecule has 1 amide bonds. The van der Waals surface area contributed by atoms with Gasteiger partial charge in [0.05, 0.1) is 15.3 Å². The lowest BCUT2D eigenvalue weighted by Gasteiger charge is -2.01. The van der Waals surface area contributed by atoms with E-state index in [1.807, 2.05) is 24.3 Å². The Morgan fingerprint density at radius 2 is 1.95 bits per heavy atom. The van der Waals surface area contributed by atoms with E-state index in [4.69, 9.17) is 5.14 Å². The molecule has 3 rings (SSSR count). The van der Waals surface area contributed by atoms with Crippen molar-refractivity contribution in [1.29, 1.82) is 0 Å². The summed E-state index contributed by atoms with van der Waals surface area (Å²) >= 11 is 3.06. The van der Waals surface area contributed by atoms with Crippen LogP contribution >= 0.6 is 22.7 Å². The number of benzene rings is 1. The smallest absolute Gasteiger partial charge is 0.261 e. The molecule has 5 nitrogen and oxygen atoms in total. The number of hydrogen-bond donors (Lipinski definition) is 2. The third kappa shape index (κ3) is 3.08. The van der Waals surface area contributed by atoms with E-state index in [2.05, 4.69) is 11.4 Å². The Kier molecular flexibility index (Phi) is 3.70. The predicted octanol–water partition coefficient (Wildman–Crippen LogP) is 2.13. The Labute approximate surface area is 129 Å². The number of amides is 1. The maximum absolute atomic E-state index is 12.0. The van der Waals surface area contributed by atoms with Gasteiger partial charge in [0, 0.05) is 21.3 Å². The highest BCUT2D eigenvalue weighted by molar-refractivity contribution is 7.89. The van der Waals surface area contributed by atoms with Crippen molar-refractivity contribution >= 4 is 58.1 Å². The third-order valence-corrected chi connectivity index (χ3v) is 6.13. The van der Waals surface area contributed by atoms with Crippen molar-refractivity contribution in [2.45, 2.75) is 0 Å². The largest absolute Gasteiger partial charge is 0.350 e. The molecule has 0 aliphatic rings. The average molecular weight is 340 g/mol. The minimum Gasteiger partial charge on any atom is -0.350 e. The minimum atomic E-state index is -3.55. The summed E-state index contributed by atoms with van der Waals surface area (Å²) in [4.78, 5) is 12.6. The van der Waals surface area contributed by atoms with Crippen LogP contribution in [-0.2, 0) is 10.0 Å². The van der Waals surface area contributed by atoms with Crippen LogP contribution in [0.1, 0.15) is 9.67 Å². The summed E-state index contributed by atoms with van der Waals surface area (Å²) in [6.45, 7) is 0.0178. The van der Waals surface area contributed by atoms with Crippen molar-refractivity contribution < 1.29 is 13.2 Å². The van der Waals surface area contributed by atoms with Crippen LogP contribution in [-0.4, -0.2) is 26.6 Å². The van der Waals surface area contributed by atoms with Gasteiger partial charge < -0.3 is 5.32 Å². The predicted molar refractivity (Wildman–Crippen MR) is 87.5 cm³/mol. The van der Waals surface area contributed by atoms with Crippen molar-refractivity contribution in [3.8, 4) is 0 Å². The molecule has 8 heteroatoms. The number of carbonyl (C=O) groups excluding carboxylic acids is 1. The maximum Gasteiger partial charge on any atom is 0.261 e. The number of carbonyl (C=O) groups is 1. The highest BCUT2D eigenvalue weighted by Gasteiger charge is 2.14. The fourth-order valence-electron chi connectivity index (χ4n) is 2.01. The van der Waals surface area contributed by atoms with Gasteiger partial charge in [0.2, 0.25) is 10.0 Å². The number of rotatable bonds is 4. The number of fused-ring (bicyclic) bond motifs is 3. The molecule has 0 atom stereocenters. The van der Waals surface area contributed by atoms with E-state index in [9.17, 15) is 13.2 Å². The van der Waals surface area contributed by atoms with E-state index >= 15 is 0 Å². The zero-order chi connectivity index (χ0) is 15.0. The molecule has 0 unspecified atom stereocenters. The van der Waals surface area contributed by atoms with E-state index < -0.39 is 10.0 Å². The Hall–Kier alpha value is -1.48. The van der Waals surface area contributed by atoms with Gasteiger partial charge in [0.15, 0.2) is 0 Å². The second-order valence-corrected chi connectivity index (χ2v) is 8.40. The highest BCUT2D eigenvalue weighted by Crippen LogP contribution is 2.39. The Morgan fingerprint density at radius 3 is 2.71 bits per heavy atom. The fourth-order valence-corrected chi connectivity index (χ4v) is 4.83. The molecular weight excluding hydrogens is 328 g/mol. The third-order valence-electron chi connectivity index (χ3n) is 2.95. The highest BCUT2D eigenvalue weighted by atomic mass is 32.2. The topological polar surface area (TPSA) is 89.3 Å². The van der Waals surface area contributed by atoms with Crippen LogP contribution < -0.4 is 10.5 Å². The van der Waals surface area contributed by atoms with Gasteiger partial charge in [0.25, 0.3) is 5.91 Å². The number of hydrogen-bond acceptors (Lipinski definition) is 5. The summed E-state index contributed by atoms with van der Waals surface area (Å²) in [6.07, 6.45) is 0. The van der Waals surface area contributed by atoms with Gasteiger partial charge in [-0.15, -0.1) is 22.7 Å². The van der Waals surface area contributed by atoms with Crippen LogP contribution in [0, 0.1) is 0 Å². The molecule has 0 aliphatic heterocycles. The zero-order valence-corrected chi connectivity index (χ0v) is 13.3. The number of nitrogens with two attached hydrogens (primary N) is 1. The van der Waals surface area contributed by atoms with Crippen LogP contribution in [0.4, 0.5) is 0 Å². The van der Waals surface area contributed by atoms with Crippen LogP contribution in [0.3, 0.4) is 0 Å². The molecule has 0 aliphatic carbocycles. The van der Waals surface area contributed by atoms with Gasteiger partial charge >= 0.3 is 0 Å². The molecule has 3 N–H and O–H groups in total. The lowest BCUT2D eigenvalue weighted by molar-refractivity contribution is 0.0960. The molecule has 0 bridgehead atoms. The first kappa shape index (κ1) is 14.5. The first-order valence-corrected chi connectivity index (χ1v) is 9.49. The van der Waals surface area contributed by atoms with Crippen molar-refractivity contribution in [2.24, 2.45) is 5.14 Å². The summed E-state index contributed by atoms with van der Waals surface area (Å²) in [5, 5.41) is 8.61. The van der Waals surface area contributed by atoms with E-state index in [0.29, 0.717) is 4.88 Å². The molecule has 3 aromatic rings. The SMILES string of the molecule is NS(=O)(=O)CCNC(=O)c1cc2sc3ccccc3c2s1. The lowest BCUT2D eigenvalue weighted by Crippen LogP contribution is -2.31.